The Morgan fingerprint density at radius 2 is 2.00 bits per heavy atom. The summed E-state index contributed by atoms with van der Waals surface area (Å²) < 4.78 is 7.92. The number of para-hydroxylation sites is 1. The molecule has 3 rings (SSSR count). The molecule has 2 aromatic rings. The van der Waals surface area contributed by atoms with Crippen LogP contribution in [0.2, 0.25) is 0 Å². The number of nitrogens with one attached hydrogen (secondary N) is 2. The van der Waals surface area contributed by atoms with E-state index >= 15 is 0 Å². The number of nitrogens with zero attached hydrogens (tertiary/aromatic N) is 4. The average Bonchev–Trinajstić information content (AvgIpc) is 2.89. The van der Waals surface area contributed by atoms with E-state index in [2.05, 4.69) is 36.5 Å². The summed E-state index contributed by atoms with van der Waals surface area (Å²) in [5.41, 5.74) is 1.11. The molecule has 0 bridgehead atoms. The maximum absolute atomic E-state index is 5.67. The van der Waals surface area contributed by atoms with E-state index in [0.29, 0.717) is 19.7 Å². The van der Waals surface area contributed by atoms with Gasteiger partial charge in [-0.2, -0.15) is 0 Å². The van der Waals surface area contributed by atoms with E-state index in [9.17, 15) is 0 Å². The zero-order chi connectivity index (χ0) is 18.2. The van der Waals surface area contributed by atoms with Crippen LogP contribution < -0.4 is 15.4 Å². The van der Waals surface area contributed by atoms with Crippen molar-refractivity contribution in [1.82, 2.24) is 25.4 Å². The predicted molar refractivity (Wildman–Crippen MR) is 102 cm³/mol. The summed E-state index contributed by atoms with van der Waals surface area (Å²) in [5.74, 6) is 3.72. The molecule has 0 fully saturated rings. The van der Waals surface area contributed by atoms with E-state index in [1.165, 1.54) is 19.3 Å². The second kappa shape index (κ2) is 9.22. The minimum absolute atomic E-state index is 0.611. The van der Waals surface area contributed by atoms with Gasteiger partial charge in [-0.3, -0.25) is 4.99 Å². The lowest BCUT2D eigenvalue weighted by Crippen LogP contribution is -2.37. The van der Waals surface area contributed by atoms with Crippen molar-refractivity contribution in [2.24, 2.45) is 4.99 Å². The summed E-state index contributed by atoms with van der Waals surface area (Å²) in [6.07, 6.45) is 4.68. The molecular weight excluding hydrogens is 328 g/mol. The topological polar surface area (TPSA) is 76.4 Å². The second-order valence-corrected chi connectivity index (χ2v) is 6.31. The van der Waals surface area contributed by atoms with Gasteiger partial charge in [0.25, 0.3) is 0 Å². The van der Waals surface area contributed by atoms with Gasteiger partial charge in [0.2, 0.25) is 0 Å². The number of aryl methyl sites for hydroxylation is 1. The lowest BCUT2D eigenvalue weighted by Gasteiger charge is -2.14. The smallest absolute Gasteiger partial charge is 0.191 e. The number of fused-ring (bicyclic) bond motifs is 1. The van der Waals surface area contributed by atoms with Gasteiger partial charge < -0.3 is 19.9 Å². The minimum Gasteiger partial charge on any atom is -0.494 e. The van der Waals surface area contributed by atoms with Gasteiger partial charge in [0.1, 0.15) is 11.6 Å². The molecule has 2 heterocycles. The summed E-state index contributed by atoms with van der Waals surface area (Å²) in [6, 6.07) is 8.05. The van der Waals surface area contributed by atoms with Crippen molar-refractivity contribution in [3.63, 3.8) is 0 Å². The van der Waals surface area contributed by atoms with Gasteiger partial charge in [0.15, 0.2) is 11.8 Å². The first-order chi connectivity index (χ1) is 12.8. The Labute approximate surface area is 154 Å². The Kier molecular flexibility index (Phi) is 6.46. The third-order valence-electron chi connectivity index (χ3n) is 4.54. The van der Waals surface area contributed by atoms with Crippen LogP contribution in [0.4, 0.5) is 0 Å². The van der Waals surface area contributed by atoms with Crippen molar-refractivity contribution in [1.29, 1.82) is 0 Å². The molecule has 0 aliphatic carbocycles. The monoisotopic (exact) mass is 356 g/mol. The Balaban J connectivity index is 1.57. The Hall–Kier alpha value is -2.57. The normalized spacial score (nSPS) is 14.5. The highest BCUT2D eigenvalue weighted by atomic mass is 16.5. The molecule has 1 aliphatic rings. The molecule has 7 nitrogen and oxygen atoms in total. The van der Waals surface area contributed by atoms with Crippen molar-refractivity contribution in [2.45, 2.75) is 52.2 Å². The number of aliphatic imine (C=N–C) groups is 1. The molecular formula is C19H28N6O. The zero-order valence-corrected chi connectivity index (χ0v) is 15.7. The second-order valence-electron chi connectivity index (χ2n) is 6.31. The Bertz CT molecular complexity index is 739. The van der Waals surface area contributed by atoms with E-state index in [0.717, 1.165) is 41.9 Å². The number of benzene rings is 1. The van der Waals surface area contributed by atoms with Gasteiger partial charge in [-0.05, 0) is 25.8 Å². The third-order valence-corrected chi connectivity index (χ3v) is 4.54. The molecule has 0 atom stereocenters. The Morgan fingerprint density at radius 1 is 1.15 bits per heavy atom. The molecule has 0 saturated heterocycles. The molecule has 1 aliphatic heterocycles. The van der Waals surface area contributed by atoms with E-state index in [-0.39, 0.29) is 0 Å². The van der Waals surface area contributed by atoms with Crippen LogP contribution in [-0.2, 0) is 26.1 Å². The van der Waals surface area contributed by atoms with Gasteiger partial charge in [-0.15, -0.1) is 10.2 Å². The van der Waals surface area contributed by atoms with Gasteiger partial charge in [-0.1, -0.05) is 24.6 Å². The van der Waals surface area contributed by atoms with E-state index < -0.39 is 0 Å². The lowest BCUT2D eigenvalue weighted by molar-refractivity contribution is 0.336. The van der Waals surface area contributed by atoms with Crippen molar-refractivity contribution in [3.8, 4) is 5.75 Å². The van der Waals surface area contributed by atoms with Crippen LogP contribution in [0, 0.1) is 0 Å². The van der Waals surface area contributed by atoms with Crippen LogP contribution in [0.3, 0.4) is 0 Å². The average molecular weight is 356 g/mol. The van der Waals surface area contributed by atoms with E-state index in [4.69, 9.17) is 4.74 Å². The lowest BCUT2D eigenvalue weighted by atomic mass is 10.2. The Morgan fingerprint density at radius 3 is 2.85 bits per heavy atom. The summed E-state index contributed by atoms with van der Waals surface area (Å²) in [5, 5.41) is 15.4. The highest BCUT2D eigenvalue weighted by molar-refractivity contribution is 5.79. The van der Waals surface area contributed by atoms with Gasteiger partial charge >= 0.3 is 0 Å². The highest BCUT2D eigenvalue weighted by Crippen LogP contribution is 2.17. The highest BCUT2D eigenvalue weighted by Gasteiger charge is 2.14. The first-order valence-electron chi connectivity index (χ1n) is 9.38. The van der Waals surface area contributed by atoms with Gasteiger partial charge in [0, 0.05) is 32.1 Å². The fourth-order valence-corrected chi connectivity index (χ4v) is 3.18. The van der Waals surface area contributed by atoms with Crippen LogP contribution in [-0.4, -0.2) is 34.4 Å². The molecule has 0 saturated carbocycles. The van der Waals surface area contributed by atoms with Crippen LogP contribution in [0.1, 0.15) is 43.4 Å². The van der Waals surface area contributed by atoms with Crippen molar-refractivity contribution in [3.05, 3.63) is 41.5 Å². The number of hydrogen-bond acceptors (Lipinski definition) is 4. The molecule has 26 heavy (non-hydrogen) atoms. The largest absolute Gasteiger partial charge is 0.494 e. The number of hydrogen-bond donors (Lipinski definition) is 2. The standard InChI is InChI=1S/C19H28N6O/c1-3-26-16-10-7-6-9-15(16)13-21-19(20-2)22-14-18-24-23-17-11-5-4-8-12-25(17)18/h6-7,9-10H,3-5,8,11-14H2,1-2H3,(H2,20,21,22). The zero-order valence-electron chi connectivity index (χ0n) is 15.7. The van der Waals surface area contributed by atoms with Crippen LogP contribution in [0.25, 0.3) is 0 Å². The fourth-order valence-electron chi connectivity index (χ4n) is 3.18. The molecule has 2 N–H and O–H groups in total. The predicted octanol–water partition coefficient (Wildman–Crippen LogP) is 2.27. The molecule has 1 aromatic carbocycles. The number of guanidine groups is 1. The van der Waals surface area contributed by atoms with Gasteiger partial charge in [-0.25, -0.2) is 0 Å². The maximum atomic E-state index is 5.67. The molecule has 140 valence electrons. The summed E-state index contributed by atoms with van der Waals surface area (Å²) in [4.78, 5) is 4.30. The van der Waals surface area contributed by atoms with Crippen molar-refractivity contribution in [2.75, 3.05) is 13.7 Å². The summed E-state index contributed by atoms with van der Waals surface area (Å²) >= 11 is 0. The number of rotatable bonds is 6. The minimum atomic E-state index is 0.611. The summed E-state index contributed by atoms with van der Waals surface area (Å²) in [6.45, 7) is 4.91. The van der Waals surface area contributed by atoms with E-state index in [1.807, 2.05) is 25.1 Å². The third kappa shape index (κ3) is 4.53. The quantitative estimate of drug-likeness (QED) is 0.613. The maximum Gasteiger partial charge on any atom is 0.191 e. The SMILES string of the molecule is CCOc1ccccc1CNC(=NC)NCc1nnc2n1CCCCC2. The van der Waals surface area contributed by atoms with Crippen molar-refractivity contribution < 1.29 is 4.74 Å². The molecule has 1 aromatic heterocycles. The number of ether oxygens (including phenoxy) is 1. The first kappa shape index (κ1) is 18.2. The first-order valence-corrected chi connectivity index (χ1v) is 9.38. The number of aromatic nitrogens is 3. The molecule has 0 unspecified atom stereocenters. The fraction of sp³-hybridized carbons (Fsp3) is 0.526. The van der Waals surface area contributed by atoms with Gasteiger partial charge in [0.05, 0.1) is 13.2 Å². The van der Waals surface area contributed by atoms with Crippen LogP contribution in [0.5, 0.6) is 5.75 Å². The van der Waals surface area contributed by atoms with Crippen LogP contribution in [0.15, 0.2) is 29.3 Å². The molecule has 0 spiro atoms. The van der Waals surface area contributed by atoms with E-state index in [1.54, 1.807) is 7.05 Å². The summed E-state index contributed by atoms with van der Waals surface area (Å²) in [7, 11) is 1.77. The molecule has 0 radical (unpaired) electrons. The van der Waals surface area contributed by atoms with Crippen molar-refractivity contribution >= 4 is 5.96 Å². The molecule has 7 heteroatoms. The molecule has 0 amide bonds. The van der Waals surface area contributed by atoms with Crippen LogP contribution >= 0.6 is 0 Å².